The highest BCUT2D eigenvalue weighted by atomic mass is 35.5. The Kier molecular flexibility index (Phi) is 5.16. The maximum atomic E-state index is 11.6. The predicted molar refractivity (Wildman–Crippen MR) is 79.5 cm³/mol. The molecule has 1 aromatic carbocycles. The van der Waals surface area contributed by atoms with Crippen molar-refractivity contribution in [3.8, 4) is 0 Å². The highest BCUT2D eigenvalue weighted by Gasteiger charge is 2.05. The molecule has 20 heavy (non-hydrogen) atoms. The van der Waals surface area contributed by atoms with Crippen LogP contribution in [0.1, 0.15) is 11.3 Å². The minimum absolute atomic E-state index is 0.0165. The third kappa shape index (κ3) is 4.37. The highest BCUT2D eigenvalue weighted by Crippen LogP contribution is 2.17. The van der Waals surface area contributed by atoms with Gasteiger partial charge in [-0.1, -0.05) is 53.5 Å². The van der Waals surface area contributed by atoms with Crippen LogP contribution in [0.3, 0.4) is 0 Å². The Morgan fingerprint density at radius 3 is 2.65 bits per heavy atom. The Labute approximate surface area is 126 Å². The van der Waals surface area contributed by atoms with E-state index >= 15 is 0 Å². The zero-order chi connectivity index (χ0) is 14.4. The lowest BCUT2D eigenvalue weighted by atomic mass is 10.2. The van der Waals surface area contributed by atoms with Crippen molar-refractivity contribution in [2.24, 2.45) is 0 Å². The molecule has 2 rings (SSSR count). The molecule has 0 unspecified atom stereocenters. The van der Waals surface area contributed by atoms with E-state index < -0.39 is 5.97 Å². The molecule has 2 aromatic rings. The number of nitrogens with zero attached hydrogens (tertiary/aromatic N) is 1. The van der Waals surface area contributed by atoms with E-state index in [1.54, 1.807) is 18.2 Å². The maximum absolute atomic E-state index is 11.6. The van der Waals surface area contributed by atoms with Gasteiger partial charge in [0.1, 0.15) is 11.8 Å². The van der Waals surface area contributed by atoms with Crippen LogP contribution in [0.15, 0.2) is 48.5 Å². The van der Waals surface area contributed by atoms with Gasteiger partial charge in [0.15, 0.2) is 0 Å². The van der Waals surface area contributed by atoms with E-state index in [0.717, 1.165) is 5.56 Å². The van der Waals surface area contributed by atoms with Crippen molar-refractivity contribution in [1.82, 2.24) is 4.98 Å². The molecule has 0 aliphatic heterocycles. The minimum atomic E-state index is -0.466. The lowest BCUT2D eigenvalue weighted by Crippen LogP contribution is -2.03. The fourth-order valence-corrected chi connectivity index (χ4v) is 1.80. The third-order valence-corrected chi connectivity index (χ3v) is 3.00. The number of carbonyl (C=O) groups excluding carboxylic acids is 1. The van der Waals surface area contributed by atoms with Gasteiger partial charge in [-0.3, -0.25) is 0 Å². The van der Waals surface area contributed by atoms with Crippen LogP contribution in [0.5, 0.6) is 0 Å². The van der Waals surface area contributed by atoms with Gasteiger partial charge in [-0.15, -0.1) is 0 Å². The van der Waals surface area contributed by atoms with Gasteiger partial charge in [0, 0.05) is 6.08 Å². The number of hydrogen-bond acceptors (Lipinski definition) is 3. The SMILES string of the molecule is O=C(/C=C/c1ccccc1)OCc1nc(Cl)ccc1Cl. The molecule has 0 spiro atoms. The number of halogens is 2. The molecule has 102 valence electrons. The monoisotopic (exact) mass is 307 g/mol. The van der Waals surface area contributed by atoms with E-state index in [0.29, 0.717) is 15.9 Å². The number of rotatable bonds is 4. The third-order valence-electron chi connectivity index (χ3n) is 2.45. The molecule has 1 heterocycles. The normalized spacial score (nSPS) is 10.7. The number of benzene rings is 1. The minimum Gasteiger partial charge on any atom is -0.456 e. The van der Waals surface area contributed by atoms with Gasteiger partial charge in [-0.25, -0.2) is 9.78 Å². The summed E-state index contributed by atoms with van der Waals surface area (Å²) in [6.45, 7) is -0.0165. The van der Waals surface area contributed by atoms with E-state index in [-0.39, 0.29) is 6.61 Å². The summed E-state index contributed by atoms with van der Waals surface area (Å²) in [5, 5.41) is 0.717. The molecule has 0 bridgehead atoms. The molecule has 0 amide bonds. The Bertz CT molecular complexity index is 627. The quantitative estimate of drug-likeness (QED) is 0.484. The van der Waals surface area contributed by atoms with Crippen LogP contribution in [0.25, 0.3) is 6.08 Å². The van der Waals surface area contributed by atoms with Crippen LogP contribution in [-0.4, -0.2) is 11.0 Å². The van der Waals surface area contributed by atoms with E-state index in [1.807, 2.05) is 30.3 Å². The molecule has 0 fully saturated rings. The fraction of sp³-hybridized carbons (Fsp3) is 0.0667. The van der Waals surface area contributed by atoms with E-state index in [9.17, 15) is 4.79 Å². The van der Waals surface area contributed by atoms with Gasteiger partial charge >= 0.3 is 5.97 Å². The Balaban J connectivity index is 1.92. The van der Waals surface area contributed by atoms with Crippen molar-refractivity contribution in [1.29, 1.82) is 0 Å². The Morgan fingerprint density at radius 1 is 1.15 bits per heavy atom. The molecule has 1 aromatic heterocycles. The molecule has 5 heteroatoms. The molecule has 0 atom stereocenters. The zero-order valence-electron chi connectivity index (χ0n) is 10.4. The first kappa shape index (κ1) is 14.6. The summed E-state index contributed by atoms with van der Waals surface area (Å²) in [6.07, 6.45) is 3.03. The second-order valence-corrected chi connectivity index (χ2v) is 4.71. The summed E-state index contributed by atoms with van der Waals surface area (Å²) in [6, 6.07) is 12.6. The van der Waals surface area contributed by atoms with Crippen molar-refractivity contribution in [3.05, 3.63) is 70.0 Å². The second kappa shape index (κ2) is 7.08. The summed E-state index contributed by atoms with van der Waals surface area (Å²) >= 11 is 11.7. The predicted octanol–water partition coefficient (Wildman–Crippen LogP) is 4.15. The van der Waals surface area contributed by atoms with Crippen molar-refractivity contribution in [2.75, 3.05) is 0 Å². The Hall–Kier alpha value is -1.84. The first-order chi connectivity index (χ1) is 9.65. The average Bonchev–Trinajstić information content (AvgIpc) is 2.47. The van der Waals surface area contributed by atoms with E-state index in [2.05, 4.69) is 4.98 Å². The van der Waals surface area contributed by atoms with Crippen LogP contribution in [-0.2, 0) is 16.1 Å². The van der Waals surface area contributed by atoms with Gasteiger partial charge in [0.25, 0.3) is 0 Å². The van der Waals surface area contributed by atoms with Crippen LogP contribution < -0.4 is 0 Å². The van der Waals surface area contributed by atoms with Crippen molar-refractivity contribution < 1.29 is 9.53 Å². The van der Waals surface area contributed by atoms with Crippen LogP contribution >= 0.6 is 23.2 Å². The van der Waals surface area contributed by atoms with Crippen LogP contribution in [0.2, 0.25) is 10.2 Å². The molecule has 0 saturated heterocycles. The van der Waals surface area contributed by atoms with E-state index in [1.165, 1.54) is 6.08 Å². The Morgan fingerprint density at radius 2 is 1.90 bits per heavy atom. The molecule has 0 radical (unpaired) electrons. The molecule has 0 aliphatic rings. The number of aromatic nitrogens is 1. The number of esters is 1. The topological polar surface area (TPSA) is 39.2 Å². The molecule has 0 aliphatic carbocycles. The van der Waals surface area contributed by atoms with Gasteiger partial charge in [0.2, 0.25) is 0 Å². The average molecular weight is 308 g/mol. The second-order valence-electron chi connectivity index (χ2n) is 3.91. The van der Waals surface area contributed by atoms with Crippen molar-refractivity contribution in [3.63, 3.8) is 0 Å². The number of hydrogen-bond donors (Lipinski definition) is 0. The van der Waals surface area contributed by atoms with Gasteiger partial charge in [-0.05, 0) is 23.8 Å². The largest absolute Gasteiger partial charge is 0.456 e. The van der Waals surface area contributed by atoms with Crippen LogP contribution in [0, 0.1) is 0 Å². The highest BCUT2D eigenvalue weighted by molar-refractivity contribution is 6.32. The summed E-state index contributed by atoms with van der Waals surface area (Å²) in [4.78, 5) is 15.6. The summed E-state index contributed by atoms with van der Waals surface area (Å²) in [5.74, 6) is -0.466. The number of carbonyl (C=O) groups is 1. The number of pyridine rings is 1. The molecule has 0 saturated carbocycles. The summed E-state index contributed by atoms with van der Waals surface area (Å²) in [7, 11) is 0. The first-order valence-corrected chi connectivity index (χ1v) is 6.61. The zero-order valence-corrected chi connectivity index (χ0v) is 11.9. The molecular weight excluding hydrogens is 297 g/mol. The van der Waals surface area contributed by atoms with Gasteiger partial charge in [0.05, 0.1) is 10.7 Å². The van der Waals surface area contributed by atoms with Crippen molar-refractivity contribution in [2.45, 2.75) is 6.61 Å². The number of ether oxygens (including phenoxy) is 1. The van der Waals surface area contributed by atoms with E-state index in [4.69, 9.17) is 27.9 Å². The van der Waals surface area contributed by atoms with Gasteiger partial charge < -0.3 is 4.74 Å². The maximum Gasteiger partial charge on any atom is 0.331 e. The van der Waals surface area contributed by atoms with Crippen LogP contribution in [0.4, 0.5) is 0 Å². The lowest BCUT2D eigenvalue weighted by molar-refractivity contribution is -0.139. The summed E-state index contributed by atoms with van der Waals surface area (Å²) in [5.41, 5.74) is 1.35. The summed E-state index contributed by atoms with van der Waals surface area (Å²) < 4.78 is 5.05. The molecule has 0 N–H and O–H groups in total. The fourth-order valence-electron chi connectivity index (χ4n) is 1.47. The van der Waals surface area contributed by atoms with Crippen molar-refractivity contribution >= 4 is 35.2 Å². The smallest absolute Gasteiger partial charge is 0.331 e. The van der Waals surface area contributed by atoms with Gasteiger partial charge in [-0.2, -0.15) is 0 Å². The first-order valence-electron chi connectivity index (χ1n) is 5.86. The lowest BCUT2D eigenvalue weighted by Gasteiger charge is -2.04. The molecular formula is C15H11Cl2NO2. The molecule has 3 nitrogen and oxygen atoms in total. The standard InChI is InChI=1S/C15H11Cl2NO2/c16-12-7-8-14(17)18-13(12)10-20-15(19)9-6-11-4-2-1-3-5-11/h1-9H,10H2/b9-6+.